The molecule has 10 heteroatoms. The summed E-state index contributed by atoms with van der Waals surface area (Å²) in [4.78, 5) is 42.6. The van der Waals surface area contributed by atoms with Crippen LogP contribution in [0.2, 0.25) is 0 Å². The Morgan fingerprint density at radius 2 is 0.867 bits per heavy atom. The Balaban J connectivity index is 1.91. The lowest BCUT2D eigenvalue weighted by Crippen LogP contribution is -2.10. The van der Waals surface area contributed by atoms with Gasteiger partial charge in [-0.3, -0.25) is 0 Å². The summed E-state index contributed by atoms with van der Waals surface area (Å²) in [6.07, 6.45) is 0. The zero-order valence-corrected chi connectivity index (χ0v) is 16.8. The number of methoxy groups -OCH3 is 4. The summed E-state index contributed by atoms with van der Waals surface area (Å²) in [7, 11) is 5.73. The van der Waals surface area contributed by atoms with Gasteiger partial charge >= 0.3 is 17.9 Å². The fraction of sp³-hybridized carbons (Fsp3) is 0.200. The van der Waals surface area contributed by atoms with Gasteiger partial charge in [-0.2, -0.15) is 0 Å². The third-order valence-electron chi connectivity index (χ3n) is 3.59. The molecule has 0 radical (unpaired) electrons. The summed E-state index contributed by atoms with van der Waals surface area (Å²) >= 11 is 0. The Morgan fingerprint density at radius 1 is 0.567 bits per heavy atom. The van der Waals surface area contributed by atoms with Crippen molar-refractivity contribution in [2.24, 2.45) is 0 Å². The molecule has 0 N–H and O–H groups in total. The van der Waals surface area contributed by atoms with Gasteiger partial charge in [0.1, 0.15) is 23.0 Å². The van der Waals surface area contributed by atoms with Gasteiger partial charge in [0.25, 0.3) is 0 Å². The van der Waals surface area contributed by atoms with Gasteiger partial charge in [-0.1, -0.05) is 0 Å². The highest BCUT2D eigenvalue weighted by atomic mass is 17.3. The minimum absolute atomic E-state index is 0.0828. The number of carbonyl (C=O) groups is 2. The van der Waals surface area contributed by atoms with Gasteiger partial charge < -0.3 is 18.9 Å². The van der Waals surface area contributed by atoms with Crippen LogP contribution in [0, 0.1) is 0 Å². The Morgan fingerprint density at radius 3 is 1.13 bits per heavy atom. The molecular weight excluding hydrogens is 400 g/mol. The molecule has 0 saturated heterocycles. The normalized spacial score (nSPS) is 9.73. The minimum atomic E-state index is -0.888. The van der Waals surface area contributed by atoms with E-state index in [0.29, 0.717) is 23.0 Å². The predicted molar refractivity (Wildman–Crippen MR) is 101 cm³/mol. The van der Waals surface area contributed by atoms with Crippen LogP contribution >= 0.6 is 0 Å². The summed E-state index contributed by atoms with van der Waals surface area (Å²) in [6, 6.07) is 8.80. The van der Waals surface area contributed by atoms with Crippen LogP contribution in [0.25, 0.3) is 0 Å². The highest BCUT2D eigenvalue weighted by Gasteiger charge is 2.17. The molecule has 2 rings (SSSR count). The number of rotatable bonds is 10. The van der Waals surface area contributed by atoms with Gasteiger partial charge in [0.15, 0.2) is 0 Å². The van der Waals surface area contributed by atoms with Crippen molar-refractivity contribution < 1.29 is 48.1 Å². The maximum absolute atomic E-state index is 12.1. The molecule has 10 nitrogen and oxygen atoms in total. The van der Waals surface area contributed by atoms with Crippen molar-refractivity contribution in [3.63, 3.8) is 0 Å². The maximum Gasteiger partial charge on any atom is 0.386 e. The van der Waals surface area contributed by atoms with E-state index in [1.807, 2.05) is 0 Å². The van der Waals surface area contributed by atoms with Crippen LogP contribution in [0.4, 0.5) is 0 Å². The van der Waals surface area contributed by atoms with Gasteiger partial charge in [0.05, 0.1) is 39.6 Å². The van der Waals surface area contributed by atoms with Crippen LogP contribution in [-0.4, -0.2) is 40.4 Å². The van der Waals surface area contributed by atoms with E-state index in [4.69, 9.17) is 18.9 Å². The Hall–Kier alpha value is -4.08. The molecule has 0 bridgehead atoms. The van der Waals surface area contributed by atoms with Gasteiger partial charge in [-0.25, -0.2) is 29.1 Å². The van der Waals surface area contributed by atoms with Crippen molar-refractivity contribution in [2.75, 3.05) is 28.4 Å². The standard InChI is InChI=1S/C20H20O10/c1-12(27-29-19(21)13-6-15(23-2)10-16(7-13)24-3)28-30-20(22)14-8-17(25-4)11-18(9-14)26-5/h6-11H,1H2,2-5H3. The molecule has 0 aliphatic rings. The largest absolute Gasteiger partial charge is 0.497 e. The van der Waals surface area contributed by atoms with Crippen molar-refractivity contribution in [2.45, 2.75) is 0 Å². The average Bonchev–Trinajstić information content (AvgIpc) is 2.79. The zero-order chi connectivity index (χ0) is 22.1. The third-order valence-corrected chi connectivity index (χ3v) is 3.59. The third kappa shape index (κ3) is 5.96. The maximum atomic E-state index is 12.1. The minimum Gasteiger partial charge on any atom is -0.497 e. The fourth-order valence-electron chi connectivity index (χ4n) is 2.13. The Kier molecular flexibility index (Phi) is 7.74. The van der Waals surface area contributed by atoms with Crippen LogP contribution in [0.15, 0.2) is 48.9 Å². The number of benzene rings is 2. The van der Waals surface area contributed by atoms with Crippen molar-refractivity contribution in [3.05, 3.63) is 60.0 Å². The van der Waals surface area contributed by atoms with Crippen molar-refractivity contribution >= 4 is 11.9 Å². The molecule has 0 saturated carbocycles. The van der Waals surface area contributed by atoms with Gasteiger partial charge in [0.2, 0.25) is 0 Å². The van der Waals surface area contributed by atoms with E-state index >= 15 is 0 Å². The molecule has 2 aromatic carbocycles. The molecule has 0 unspecified atom stereocenters. The molecule has 0 atom stereocenters. The quantitative estimate of drug-likeness (QED) is 0.323. The van der Waals surface area contributed by atoms with Crippen molar-refractivity contribution in [1.82, 2.24) is 0 Å². The smallest absolute Gasteiger partial charge is 0.386 e. The molecule has 0 heterocycles. The zero-order valence-electron chi connectivity index (χ0n) is 16.8. The fourth-order valence-corrected chi connectivity index (χ4v) is 2.13. The summed E-state index contributed by atoms with van der Waals surface area (Å²) in [5.74, 6) is -0.876. The van der Waals surface area contributed by atoms with Crippen LogP contribution in [0.3, 0.4) is 0 Å². The van der Waals surface area contributed by atoms with E-state index in [1.165, 1.54) is 52.7 Å². The molecule has 0 fully saturated rings. The number of hydrogen-bond acceptors (Lipinski definition) is 10. The summed E-state index contributed by atoms with van der Waals surface area (Å²) in [6.45, 7) is 3.32. The monoisotopic (exact) mass is 420 g/mol. The average molecular weight is 420 g/mol. The van der Waals surface area contributed by atoms with E-state index in [2.05, 4.69) is 26.1 Å². The van der Waals surface area contributed by atoms with E-state index in [0.717, 1.165) is 0 Å². The molecule has 2 aromatic rings. The van der Waals surface area contributed by atoms with Crippen molar-refractivity contribution in [3.8, 4) is 23.0 Å². The lowest BCUT2D eigenvalue weighted by molar-refractivity contribution is -0.317. The first-order valence-electron chi connectivity index (χ1n) is 8.33. The van der Waals surface area contributed by atoms with Gasteiger partial charge in [-0.15, -0.1) is 0 Å². The lowest BCUT2D eigenvalue weighted by Gasteiger charge is -2.10. The topological polar surface area (TPSA) is 108 Å². The number of carbonyl (C=O) groups excluding carboxylic acids is 2. The molecule has 0 aliphatic heterocycles. The van der Waals surface area contributed by atoms with E-state index < -0.39 is 17.9 Å². The van der Waals surface area contributed by atoms with Crippen molar-refractivity contribution in [1.29, 1.82) is 0 Å². The lowest BCUT2D eigenvalue weighted by atomic mass is 10.2. The Labute approximate surface area is 172 Å². The number of hydrogen-bond donors (Lipinski definition) is 0. The SMILES string of the molecule is C=C(OOC(=O)c1cc(OC)cc(OC)c1)OOC(=O)c1cc(OC)cc(OC)c1. The highest BCUT2D eigenvalue weighted by molar-refractivity contribution is 5.90. The van der Waals surface area contributed by atoms with Gasteiger partial charge in [0, 0.05) is 12.1 Å². The second kappa shape index (κ2) is 10.5. The first-order chi connectivity index (χ1) is 14.4. The molecule has 160 valence electrons. The molecule has 0 spiro atoms. The van der Waals surface area contributed by atoms with Crippen LogP contribution in [0.1, 0.15) is 20.7 Å². The molecule has 0 amide bonds. The van der Waals surface area contributed by atoms with E-state index in [9.17, 15) is 9.59 Å². The van der Waals surface area contributed by atoms with Crippen LogP contribution in [-0.2, 0) is 19.6 Å². The molecule has 30 heavy (non-hydrogen) atoms. The summed E-state index contributed by atoms with van der Waals surface area (Å²) < 4.78 is 20.3. The second-order valence-corrected chi connectivity index (χ2v) is 5.48. The Bertz CT molecular complexity index is 804. The first kappa shape index (κ1) is 22.2. The van der Waals surface area contributed by atoms with E-state index in [1.54, 1.807) is 12.1 Å². The predicted octanol–water partition coefficient (Wildman–Crippen LogP) is 3.07. The molecule has 0 aliphatic carbocycles. The molecular formula is C20H20O10. The van der Waals surface area contributed by atoms with Crippen LogP contribution in [0.5, 0.6) is 23.0 Å². The summed E-state index contributed by atoms with van der Waals surface area (Å²) in [5, 5.41) is 0. The van der Waals surface area contributed by atoms with E-state index in [-0.39, 0.29) is 11.1 Å². The first-order valence-corrected chi connectivity index (χ1v) is 8.33. The van der Waals surface area contributed by atoms with Crippen LogP contribution < -0.4 is 18.9 Å². The molecule has 0 aromatic heterocycles. The summed E-state index contributed by atoms with van der Waals surface area (Å²) in [5.41, 5.74) is 0.166. The second-order valence-electron chi connectivity index (χ2n) is 5.48. The van der Waals surface area contributed by atoms with Gasteiger partial charge in [-0.05, 0) is 30.8 Å². The highest BCUT2D eigenvalue weighted by Crippen LogP contribution is 2.24. The number of ether oxygens (including phenoxy) is 4.